The predicted molar refractivity (Wildman–Crippen MR) is 110 cm³/mol. The first kappa shape index (κ1) is 19.3. The second kappa shape index (κ2) is 7.62. The van der Waals surface area contributed by atoms with Gasteiger partial charge in [0, 0.05) is 17.5 Å². The van der Waals surface area contributed by atoms with Crippen LogP contribution in [0.1, 0.15) is 36.3 Å². The summed E-state index contributed by atoms with van der Waals surface area (Å²) in [6.45, 7) is 6.89. The van der Waals surface area contributed by atoms with Gasteiger partial charge in [-0.1, -0.05) is 30.3 Å². The molecule has 3 rings (SSSR count). The number of anilines is 1. The molecule has 0 spiro atoms. The second-order valence-corrected chi connectivity index (χ2v) is 8.62. The van der Waals surface area contributed by atoms with E-state index in [0.29, 0.717) is 18.1 Å². The van der Waals surface area contributed by atoms with Crippen molar-refractivity contribution in [1.29, 1.82) is 0 Å². The molecule has 7 heteroatoms. The summed E-state index contributed by atoms with van der Waals surface area (Å²) in [6.07, 6.45) is 1.80. The minimum Gasteiger partial charge on any atom is -0.305 e. The minimum absolute atomic E-state index is 0.223. The average Bonchev–Trinajstić information content (AvgIpc) is 3.22. The maximum atomic E-state index is 12.9. The van der Waals surface area contributed by atoms with Gasteiger partial charge >= 0.3 is 0 Å². The van der Waals surface area contributed by atoms with Crippen molar-refractivity contribution in [2.24, 2.45) is 0 Å². The number of aromatic nitrogens is 3. The number of amides is 1. The lowest BCUT2D eigenvalue weighted by molar-refractivity contribution is 0.102. The minimum atomic E-state index is -0.270. The molecule has 27 heavy (non-hydrogen) atoms. The lowest BCUT2D eigenvalue weighted by Crippen LogP contribution is -2.27. The molecule has 0 atom stereocenters. The Labute approximate surface area is 163 Å². The monoisotopic (exact) mass is 383 g/mol. The second-order valence-electron chi connectivity index (χ2n) is 7.67. The molecule has 0 saturated heterocycles. The summed E-state index contributed by atoms with van der Waals surface area (Å²) in [7, 11) is 3.96. The molecule has 0 fully saturated rings. The molecular weight excluding hydrogens is 358 g/mol. The van der Waals surface area contributed by atoms with Gasteiger partial charge in [0.05, 0.1) is 11.7 Å². The van der Waals surface area contributed by atoms with Crippen molar-refractivity contribution >= 4 is 23.1 Å². The van der Waals surface area contributed by atoms with Gasteiger partial charge in [0.25, 0.3) is 5.91 Å². The lowest BCUT2D eigenvalue weighted by Gasteiger charge is -2.23. The van der Waals surface area contributed by atoms with Crippen LogP contribution in [0, 0.1) is 0 Å². The Morgan fingerprint density at radius 3 is 2.56 bits per heavy atom. The van der Waals surface area contributed by atoms with Crippen LogP contribution in [0.5, 0.6) is 0 Å². The zero-order valence-electron chi connectivity index (χ0n) is 16.4. The first-order valence-corrected chi connectivity index (χ1v) is 9.68. The van der Waals surface area contributed by atoms with Gasteiger partial charge in [0.15, 0.2) is 0 Å². The van der Waals surface area contributed by atoms with Crippen LogP contribution in [0.2, 0.25) is 0 Å². The third-order valence-corrected chi connectivity index (χ3v) is 4.79. The van der Waals surface area contributed by atoms with Crippen LogP contribution in [-0.2, 0) is 12.1 Å². The van der Waals surface area contributed by atoms with E-state index >= 15 is 0 Å². The van der Waals surface area contributed by atoms with E-state index in [1.54, 1.807) is 11.6 Å². The number of nitrogens with one attached hydrogen (secondary N) is 1. The number of hydrogen-bond acceptors (Lipinski definition) is 5. The van der Waals surface area contributed by atoms with Crippen LogP contribution >= 0.6 is 11.3 Å². The first-order valence-electron chi connectivity index (χ1n) is 8.80. The van der Waals surface area contributed by atoms with Crippen LogP contribution in [-0.4, -0.2) is 39.7 Å². The highest BCUT2D eigenvalue weighted by Gasteiger charge is 2.24. The van der Waals surface area contributed by atoms with Gasteiger partial charge in [0.2, 0.25) is 0 Å². The summed E-state index contributed by atoms with van der Waals surface area (Å²) in [6, 6.07) is 9.94. The normalized spacial score (nSPS) is 11.8. The highest BCUT2D eigenvalue weighted by atomic mass is 32.1. The lowest BCUT2D eigenvalue weighted by atomic mass is 10.1. The van der Waals surface area contributed by atoms with Crippen molar-refractivity contribution in [3.05, 3.63) is 52.6 Å². The Balaban J connectivity index is 1.94. The zero-order chi connectivity index (χ0) is 19.6. The first-order chi connectivity index (χ1) is 12.8. The highest BCUT2D eigenvalue weighted by molar-refractivity contribution is 7.09. The third-order valence-electron chi connectivity index (χ3n) is 3.96. The maximum Gasteiger partial charge on any atom is 0.276 e. The Bertz CT molecular complexity index is 922. The molecular formula is C20H25N5OS. The van der Waals surface area contributed by atoms with Crippen molar-refractivity contribution in [3.8, 4) is 11.1 Å². The SMILES string of the molecule is CN(C)Cc1nc(C(=O)Nc2c(-c3ccccc3)cnn2C(C)(C)C)cs1. The molecule has 1 amide bonds. The van der Waals surface area contributed by atoms with Gasteiger partial charge in [-0.2, -0.15) is 5.10 Å². The van der Waals surface area contributed by atoms with E-state index in [2.05, 4.69) is 36.2 Å². The molecule has 2 aromatic heterocycles. The van der Waals surface area contributed by atoms with Crippen molar-refractivity contribution in [1.82, 2.24) is 19.7 Å². The van der Waals surface area contributed by atoms with Crippen LogP contribution in [0.4, 0.5) is 5.82 Å². The highest BCUT2D eigenvalue weighted by Crippen LogP contribution is 2.32. The summed E-state index contributed by atoms with van der Waals surface area (Å²) in [4.78, 5) is 19.3. The van der Waals surface area contributed by atoms with Crippen molar-refractivity contribution < 1.29 is 4.79 Å². The Hall–Kier alpha value is -2.51. The molecule has 0 saturated carbocycles. The van der Waals surface area contributed by atoms with Gasteiger partial charge in [0.1, 0.15) is 16.5 Å². The van der Waals surface area contributed by atoms with E-state index in [1.807, 2.05) is 54.0 Å². The third kappa shape index (κ3) is 4.43. The number of benzene rings is 1. The standard InChI is InChI=1S/C20H25N5OS/c1-20(2,3)25-18(15(11-21-25)14-9-7-6-8-10-14)23-19(26)16-13-27-17(22-16)12-24(4)5/h6-11,13H,12H2,1-5H3,(H,23,26). The van der Waals surface area contributed by atoms with E-state index in [1.165, 1.54) is 11.3 Å². The van der Waals surface area contributed by atoms with Crippen LogP contribution < -0.4 is 5.32 Å². The number of thiazole rings is 1. The molecule has 0 aliphatic heterocycles. The summed E-state index contributed by atoms with van der Waals surface area (Å²) < 4.78 is 1.85. The zero-order valence-corrected chi connectivity index (χ0v) is 17.2. The number of carbonyl (C=O) groups excluding carboxylic acids is 1. The van der Waals surface area contributed by atoms with Crippen molar-refractivity contribution in [2.45, 2.75) is 32.9 Å². The summed E-state index contributed by atoms with van der Waals surface area (Å²) in [5, 5.41) is 10.3. The van der Waals surface area contributed by atoms with E-state index in [4.69, 9.17) is 0 Å². The van der Waals surface area contributed by atoms with E-state index in [9.17, 15) is 4.79 Å². The van der Waals surface area contributed by atoms with Crippen LogP contribution in [0.25, 0.3) is 11.1 Å². The van der Waals surface area contributed by atoms with Crippen LogP contribution in [0.3, 0.4) is 0 Å². The number of carbonyl (C=O) groups is 1. The fourth-order valence-electron chi connectivity index (χ4n) is 2.74. The summed E-state index contributed by atoms with van der Waals surface area (Å²) in [5.41, 5.74) is 2.06. The van der Waals surface area contributed by atoms with Gasteiger partial charge in [-0.05, 0) is 40.4 Å². The summed E-state index contributed by atoms with van der Waals surface area (Å²) >= 11 is 1.49. The molecule has 0 radical (unpaired) electrons. The van der Waals surface area contributed by atoms with Gasteiger partial charge < -0.3 is 10.2 Å². The predicted octanol–water partition coefficient (Wildman–Crippen LogP) is 4.08. The fraction of sp³-hybridized carbons (Fsp3) is 0.350. The Morgan fingerprint density at radius 2 is 1.93 bits per heavy atom. The molecule has 0 unspecified atom stereocenters. The van der Waals surface area contributed by atoms with Gasteiger partial charge in [-0.15, -0.1) is 11.3 Å². The fourth-order valence-corrected chi connectivity index (χ4v) is 3.63. The smallest absolute Gasteiger partial charge is 0.276 e. The van der Waals surface area contributed by atoms with Gasteiger partial charge in [-0.25, -0.2) is 9.67 Å². The molecule has 142 valence electrons. The molecule has 0 aliphatic carbocycles. The van der Waals surface area contributed by atoms with E-state index in [-0.39, 0.29) is 11.4 Å². The Morgan fingerprint density at radius 1 is 1.22 bits per heavy atom. The molecule has 2 heterocycles. The summed E-state index contributed by atoms with van der Waals surface area (Å²) in [5.74, 6) is 0.459. The average molecular weight is 384 g/mol. The number of hydrogen-bond donors (Lipinski definition) is 1. The maximum absolute atomic E-state index is 12.9. The Kier molecular flexibility index (Phi) is 5.43. The van der Waals surface area contributed by atoms with E-state index < -0.39 is 0 Å². The molecule has 6 nitrogen and oxygen atoms in total. The largest absolute Gasteiger partial charge is 0.305 e. The van der Waals surface area contributed by atoms with E-state index in [0.717, 1.165) is 16.1 Å². The molecule has 1 N–H and O–H groups in total. The van der Waals surface area contributed by atoms with Crippen molar-refractivity contribution in [2.75, 3.05) is 19.4 Å². The van der Waals surface area contributed by atoms with Crippen molar-refractivity contribution in [3.63, 3.8) is 0 Å². The molecule has 0 bridgehead atoms. The quantitative estimate of drug-likeness (QED) is 0.721. The van der Waals surface area contributed by atoms with Crippen LogP contribution in [0.15, 0.2) is 41.9 Å². The number of rotatable bonds is 5. The topological polar surface area (TPSA) is 63.1 Å². The molecule has 3 aromatic rings. The van der Waals surface area contributed by atoms with Gasteiger partial charge in [-0.3, -0.25) is 4.79 Å². The molecule has 1 aromatic carbocycles. The molecule has 0 aliphatic rings. The number of nitrogens with zero attached hydrogens (tertiary/aromatic N) is 4.